The molecule has 1 heterocycles. The molecule has 0 bridgehead atoms. The Hall–Kier alpha value is -2.54. The number of nitrogens with zero attached hydrogens (tertiary/aromatic N) is 5. The smallest absolute Gasteiger partial charge is 0.244 e. The summed E-state index contributed by atoms with van der Waals surface area (Å²) in [6.45, 7) is 6.19. The van der Waals surface area contributed by atoms with Crippen molar-refractivity contribution in [3.8, 4) is 18.1 Å². The molecule has 0 unspecified atom stereocenters. The fourth-order valence-corrected chi connectivity index (χ4v) is 1.47. The molecule has 0 spiro atoms. The van der Waals surface area contributed by atoms with Crippen molar-refractivity contribution in [1.29, 1.82) is 10.5 Å². The van der Waals surface area contributed by atoms with Crippen molar-refractivity contribution >= 4 is 11.8 Å². The second-order valence-corrected chi connectivity index (χ2v) is 3.96. The summed E-state index contributed by atoms with van der Waals surface area (Å²) < 4.78 is 5.09. The van der Waals surface area contributed by atoms with Crippen LogP contribution in [-0.2, 0) is 0 Å². The Morgan fingerprint density at radius 2 is 2.05 bits per heavy atom. The van der Waals surface area contributed by atoms with Gasteiger partial charge in [-0.3, -0.25) is 0 Å². The number of nitriles is 2. The lowest BCUT2D eigenvalue weighted by molar-refractivity contribution is 0.395. The third-order valence-corrected chi connectivity index (χ3v) is 2.35. The van der Waals surface area contributed by atoms with Crippen LogP contribution in [0.5, 0.6) is 5.88 Å². The largest absolute Gasteiger partial charge is 0.480 e. The highest BCUT2D eigenvalue weighted by Gasteiger charge is 2.20. The summed E-state index contributed by atoms with van der Waals surface area (Å²) >= 11 is 0. The summed E-state index contributed by atoms with van der Waals surface area (Å²) in [6.07, 6.45) is 2.02. The summed E-state index contributed by atoms with van der Waals surface area (Å²) in [6, 6.07) is 1.91. The predicted octanol–water partition coefficient (Wildman–Crippen LogP) is 1.48. The van der Waals surface area contributed by atoms with Crippen molar-refractivity contribution in [3.63, 3.8) is 0 Å². The van der Waals surface area contributed by atoms with Gasteiger partial charge in [0.1, 0.15) is 6.07 Å². The minimum Gasteiger partial charge on any atom is -0.480 e. The van der Waals surface area contributed by atoms with E-state index >= 15 is 0 Å². The maximum Gasteiger partial charge on any atom is 0.244 e. The van der Waals surface area contributed by atoms with E-state index in [1.807, 2.05) is 33.0 Å². The Bertz CT molecular complexity index is 528. The fraction of sp³-hybridized carbons (Fsp3) is 0.500. The van der Waals surface area contributed by atoms with Crippen molar-refractivity contribution < 1.29 is 4.74 Å². The number of hydrogen-bond acceptors (Lipinski definition) is 7. The quantitative estimate of drug-likeness (QED) is 0.632. The molecule has 0 atom stereocenters. The van der Waals surface area contributed by atoms with E-state index in [1.54, 1.807) is 0 Å². The molecule has 0 aliphatic rings. The van der Waals surface area contributed by atoms with Crippen LogP contribution in [0.3, 0.4) is 0 Å². The molecule has 1 N–H and O–H groups in total. The Balaban J connectivity index is 3.41. The monoisotopic (exact) mass is 260 g/mol. The Kier molecular flexibility index (Phi) is 4.90. The molecular weight excluding hydrogens is 244 g/mol. The van der Waals surface area contributed by atoms with Crippen LogP contribution in [0.25, 0.3) is 0 Å². The highest BCUT2D eigenvalue weighted by molar-refractivity contribution is 5.60. The van der Waals surface area contributed by atoms with E-state index in [2.05, 4.69) is 15.3 Å². The maximum atomic E-state index is 9.13. The molecule has 19 heavy (non-hydrogen) atoms. The first kappa shape index (κ1) is 14.5. The molecule has 0 aromatic carbocycles. The van der Waals surface area contributed by atoms with E-state index in [0.29, 0.717) is 12.4 Å². The van der Waals surface area contributed by atoms with Gasteiger partial charge in [0.2, 0.25) is 11.8 Å². The average molecular weight is 260 g/mol. The van der Waals surface area contributed by atoms with Gasteiger partial charge in [-0.15, -0.1) is 0 Å². The van der Waals surface area contributed by atoms with Crippen LogP contribution in [0.1, 0.15) is 26.3 Å². The number of ether oxygens (including phenoxy) is 1. The maximum absolute atomic E-state index is 9.13. The van der Waals surface area contributed by atoms with Crippen molar-refractivity contribution in [3.05, 3.63) is 5.56 Å². The summed E-state index contributed by atoms with van der Waals surface area (Å²) in [5.41, 5.74) is 0.231. The summed E-state index contributed by atoms with van der Waals surface area (Å²) in [5, 5.41) is 21.2. The molecule has 0 aliphatic carbocycles. The molecule has 0 saturated carbocycles. The van der Waals surface area contributed by atoms with Crippen LogP contribution >= 0.6 is 0 Å². The third kappa shape index (κ3) is 3.02. The Labute approximate surface area is 112 Å². The summed E-state index contributed by atoms with van der Waals surface area (Å²) in [7, 11) is 1.43. The van der Waals surface area contributed by atoms with Gasteiger partial charge in [0, 0.05) is 12.6 Å². The van der Waals surface area contributed by atoms with E-state index < -0.39 is 0 Å². The first-order valence-electron chi connectivity index (χ1n) is 5.87. The van der Waals surface area contributed by atoms with Crippen LogP contribution in [0.4, 0.5) is 11.8 Å². The fourth-order valence-electron chi connectivity index (χ4n) is 1.47. The van der Waals surface area contributed by atoms with E-state index in [9.17, 15) is 0 Å². The zero-order valence-corrected chi connectivity index (χ0v) is 11.4. The van der Waals surface area contributed by atoms with Gasteiger partial charge in [-0.25, -0.2) is 4.90 Å². The van der Waals surface area contributed by atoms with E-state index in [4.69, 9.17) is 15.3 Å². The molecule has 0 amide bonds. The number of hydrogen-bond donors (Lipinski definition) is 1. The number of nitrogens with one attached hydrogen (secondary N) is 1. The molecular formula is C12H16N6O. The van der Waals surface area contributed by atoms with Crippen LogP contribution in [0.2, 0.25) is 0 Å². The molecule has 0 radical (unpaired) electrons. The van der Waals surface area contributed by atoms with E-state index in [0.717, 1.165) is 0 Å². The van der Waals surface area contributed by atoms with Crippen molar-refractivity contribution in [2.45, 2.75) is 26.8 Å². The van der Waals surface area contributed by atoms with Gasteiger partial charge in [0.25, 0.3) is 0 Å². The van der Waals surface area contributed by atoms with Crippen molar-refractivity contribution in [2.75, 3.05) is 23.9 Å². The third-order valence-electron chi connectivity index (χ3n) is 2.35. The zero-order valence-electron chi connectivity index (χ0n) is 11.4. The highest BCUT2D eigenvalue weighted by Crippen LogP contribution is 2.25. The number of rotatable bonds is 5. The van der Waals surface area contributed by atoms with Crippen LogP contribution in [-0.4, -0.2) is 29.7 Å². The van der Waals surface area contributed by atoms with Gasteiger partial charge in [-0.2, -0.15) is 20.5 Å². The SMILES string of the molecule is CCNc1nc(N(C#N)C(C)C)nc(OC)c1C#N. The average Bonchev–Trinajstić information content (AvgIpc) is 2.38. The van der Waals surface area contributed by atoms with E-state index in [1.165, 1.54) is 12.0 Å². The van der Waals surface area contributed by atoms with Gasteiger partial charge < -0.3 is 10.1 Å². The molecule has 7 heteroatoms. The first-order valence-corrected chi connectivity index (χ1v) is 5.87. The van der Waals surface area contributed by atoms with Crippen LogP contribution in [0.15, 0.2) is 0 Å². The molecule has 0 aliphatic heterocycles. The zero-order chi connectivity index (χ0) is 14.4. The molecule has 0 fully saturated rings. The van der Waals surface area contributed by atoms with Crippen molar-refractivity contribution in [2.24, 2.45) is 0 Å². The van der Waals surface area contributed by atoms with Crippen molar-refractivity contribution in [1.82, 2.24) is 9.97 Å². The number of anilines is 2. The second-order valence-electron chi connectivity index (χ2n) is 3.96. The molecule has 0 saturated heterocycles. The van der Waals surface area contributed by atoms with Gasteiger partial charge in [0.15, 0.2) is 17.6 Å². The number of methoxy groups -OCH3 is 1. The van der Waals surface area contributed by atoms with Gasteiger partial charge in [0.05, 0.1) is 7.11 Å². The van der Waals surface area contributed by atoms with Gasteiger partial charge >= 0.3 is 0 Å². The second kappa shape index (κ2) is 6.41. The first-order chi connectivity index (χ1) is 9.08. The minimum atomic E-state index is -0.0860. The van der Waals surface area contributed by atoms with Gasteiger partial charge in [-0.05, 0) is 20.8 Å². The normalized spacial score (nSPS) is 9.63. The van der Waals surface area contributed by atoms with Crippen LogP contribution < -0.4 is 15.0 Å². The molecule has 1 aromatic heterocycles. The lowest BCUT2D eigenvalue weighted by atomic mass is 10.3. The van der Waals surface area contributed by atoms with Gasteiger partial charge in [-0.1, -0.05) is 0 Å². The van der Waals surface area contributed by atoms with E-state index in [-0.39, 0.29) is 23.4 Å². The molecule has 1 aromatic rings. The molecule has 100 valence electrons. The summed E-state index contributed by atoms with van der Waals surface area (Å²) in [5.74, 6) is 0.737. The lowest BCUT2D eigenvalue weighted by Crippen LogP contribution is -2.27. The standard InChI is InChI=1S/C12H16N6O/c1-5-15-10-9(6-13)11(19-4)17-12(16-10)18(7-14)8(2)3/h8H,5H2,1-4H3,(H,15,16,17). The molecule has 1 rings (SSSR count). The summed E-state index contributed by atoms with van der Waals surface area (Å²) in [4.78, 5) is 9.67. The Morgan fingerprint density at radius 3 is 2.47 bits per heavy atom. The number of aromatic nitrogens is 2. The predicted molar refractivity (Wildman–Crippen MR) is 70.7 cm³/mol. The van der Waals surface area contributed by atoms with Crippen LogP contribution in [0, 0.1) is 22.8 Å². The lowest BCUT2D eigenvalue weighted by Gasteiger charge is -2.19. The minimum absolute atomic E-state index is 0.0860. The molecule has 7 nitrogen and oxygen atoms in total. The topological polar surface area (TPSA) is 97.9 Å². The highest BCUT2D eigenvalue weighted by atomic mass is 16.5. The Morgan fingerprint density at radius 1 is 1.37 bits per heavy atom.